The number of thiophene rings is 1. The third-order valence-corrected chi connectivity index (χ3v) is 5.13. The molecule has 0 aliphatic rings. The molecule has 3 rings (SSSR count). The van der Waals surface area contributed by atoms with Gasteiger partial charge >= 0.3 is 6.03 Å². The Kier molecular flexibility index (Phi) is 5.53. The predicted octanol–water partition coefficient (Wildman–Crippen LogP) is 3.71. The number of amides is 3. The maximum Gasteiger partial charge on any atom is 0.319 e. The minimum Gasteiger partial charge on any atom is -0.354 e. The van der Waals surface area contributed by atoms with Gasteiger partial charge < -0.3 is 15.2 Å². The fraction of sp³-hybridized carbons (Fsp3) is 0.167. The number of urea groups is 1. The summed E-state index contributed by atoms with van der Waals surface area (Å²) in [6.07, 6.45) is 0. The van der Waals surface area contributed by atoms with E-state index in [9.17, 15) is 9.59 Å². The second-order valence-electron chi connectivity index (χ2n) is 5.80. The number of nitrogens with one attached hydrogen (secondary N) is 3. The molecule has 1 aromatic carbocycles. The number of rotatable bonds is 5. The van der Waals surface area contributed by atoms with Crippen molar-refractivity contribution >= 4 is 29.0 Å². The Morgan fingerprint density at radius 2 is 1.93 bits per heavy atom. The number of anilines is 1. The third kappa shape index (κ3) is 4.15. The monoisotopic (exact) mass is 386 g/mol. The number of carbonyl (C=O) groups is 2. The lowest BCUT2D eigenvalue weighted by atomic mass is 10.1. The van der Waals surface area contributed by atoms with Gasteiger partial charge in [0.2, 0.25) is 0 Å². The Hall–Kier alpha value is -3.17. The number of hydroxylamine groups is 1. The van der Waals surface area contributed by atoms with E-state index in [2.05, 4.69) is 15.8 Å². The first-order chi connectivity index (χ1) is 13.0. The first-order valence-corrected chi connectivity index (χ1v) is 8.94. The molecule has 0 saturated heterocycles. The second kappa shape index (κ2) is 8.02. The van der Waals surface area contributed by atoms with Crippen molar-refractivity contribution in [3.63, 3.8) is 0 Å². The summed E-state index contributed by atoms with van der Waals surface area (Å²) in [6, 6.07) is 11.9. The van der Waals surface area contributed by atoms with Crippen molar-refractivity contribution < 1.29 is 19.3 Å². The molecule has 1 atom stereocenters. The number of aromatic nitrogens is 1. The molecule has 8 nitrogen and oxygen atoms in total. The number of benzene rings is 1. The maximum atomic E-state index is 12.4. The number of hydrogen-bond acceptors (Lipinski definition) is 6. The fourth-order valence-electron chi connectivity index (χ4n) is 2.48. The van der Waals surface area contributed by atoms with Gasteiger partial charge in [-0.15, -0.1) is 11.3 Å². The lowest BCUT2D eigenvalue weighted by molar-refractivity contribution is 0.0711. The zero-order chi connectivity index (χ0) is 19.4. The Morgan fingerprint density at radius 1 is 1.19 bits per heavy atom. The highest BCUT2D eigenvalue weighted by atomic mass is 32.1. The fourth-order valence-corrected chi connectivity index (χ4v) is 3.38. The summed E-state index contributed by atoms with van der Waals surface area (Å²) >= 11 is 1.18. The highest BCUT2D eigenvalue weighted by Crippen LogP contribution is 2.31. The molecule has 4 N–H and O–H groups in total. The van der Waals surface area contributed by atoms with E-state index in [1.54, 1.807) is 31.5 Å². The van der Waals surface area contributed by atoms with Crippen molar-refractivity contribution in [2.75, 3.05) is 5.32 Å². The van der Waals surface area contributed by atoms with Gasteiger partial charge in [0.05, 0.1) is 10.9 Å². The molecular weight excluding hydrogens is 368 g/mol. The van der Waals surface area contributed by atoms with Gasteiger partial charge in [-0.05, 0) is 26.0 Å². The largest absolute Gasteiger partial charge is 0.354 e. The highest BCUT2D eigenvalue weighted by molar-refractivity contribution is 7.14. The SMILES string of the molecule is Cc1noc(-c2ccccc2)c1NC(=O)NC(C)c1ccc(C(=O)NO)s1. The van der Waals surface area contributed by atoms with Crippen LogP contribution in [0.5, 0.6) is 0 Å². The molecule has 0 fully saturated rings. The standard InChI is InChI=1S/C18H18N4O4S/c1-10(13-8-9-14(27-13)17(23)21-25)19-18(24)20-15-11(2)22-26-16(15)12-6-4-3-5-7-12/h3-10,25H,1-2H3,(H,21,23)(H2,19,20,24). The molecular formula is C18H18N4O4S. The Labute approximate surface area is 159 Å². The average Bonchev–Trinajstić information content (AvgIpc) is 3.30. The van der Waals surface area contributed by atoms with Crippen molar-refractivity contribution in [2.45, 2.75) is 19.9 Å². The number of hydrogen-bond donors (Lipinski definition) is 4. The zero-order valence-electron chi connectivity index (χ0n) is 14.6. The zero-order valence-corrected chi connectivity index (χ0v) is 15.5. The van der Waals surface area contributed by atoms with Crippen molar-refractivity contribution in [1.29, 1.82) is 0 Å². The quantitative estimate of drug-likeness (QED) is 0.394. The van der Waals surface area contributed by atoms with E-state index in [4.69, 9.17) is 9.73 Å². The molecule has 0 aliphatic carbocycles. The number of aryl methyl sites for hydroxylation is 1. The molecule has 0 aliphatic heterocycles. The molecule has 1 unspecified atom stereocenters. The summed E-state index contributed by atoms with van der Waals surface area (Å²) in [4.78, 5) is 25.0. The highest BCUT2D eigenvalue weighted by Gasteiger charge is 2.19. The van der Waals surface area contributed by atoms with Gasteiger partial charge in [0, 0.05) is 10.4 Å². The van der Waals surface area contributed by atoms with Gasteiger partial charge in [-0.25, -0.2) is 10.3 Å². The topological polar surface area (TPSA) is 116 Å². The van der Waals surface area contributed by atoms with Gasteiger partial charge in [0.1, 0.15) is 11.4 Å². The second-order valence-corrected chi connectivity index (χ2v) is 6.92. The number of carbonyl (C=O) groups excluding carboxylic acids is 2. The lowest BCUT2D eigenvalue weighted by Gasteiger charge is -2.13. The van der Waals surface area contributed by atoms with E-state index in [0.29, 0.717) is 22.0 Å². The molecule has 0 radical (unpaired) electrons. The van der Waals surface area contributed by atoms with Crippen LogP contribution in [0.15, 0.2) is 47.0 Å². The normalized spacial score (nSPS) is 11.7. The molecule has 3 amide bonds. The van der Waals surface area contributed by atoms with E-state index in [-0.39, 0.29) is 6.04 Å². The van der Waals surface area contributed by atoms with Crippen LogP contribution in [0.25, 0.3) is 11.3 Å². The van der Waals surface area contributed by atoms with E-state index in [1.165, 1.54) is 11.3 Å². The molecule has 27 heavy (non-hydrogen) atoms. The van der Waals surface area contributed by atoms with Gasteiger partial charge in [-0.1, -0.05) is 35.5 Å². The molecule has 2 heterocycles. The summed E-state index contributed by atoms with van der Waals surface area (Å²) in [5.74, 6) is -0.107. The first kappa shape index (κ1) is 18.6. The van der Waals surface area contributed by atoms with Crippen molar-refractivity contribution in [2.24, 2.45) is 0 Å². The van der Waals surface area contributed by atoms with Crippen LogP contribution in [0.4, 0.5) is 10.5 Å². The van der Waals surface area contributed by atoms with Gasteiger partial charge in [-0.3, -0.25) is 10.0 Å². The minimum absolute atomic E-state index is 0.337. The smallest absolute Gasteiger partial charge is 0.319 e. The van der Waals surface area contributed by atoms with Crippen LogP contribution in [-0.4, -0.2) is 22.3 Å². The predicted molar refractivity (Wildman–Crippen MR) is 101 cm³/mol. The Morgan fingerprint density at radius 3 is 2.63 bits per heavy atom. The van der Waals surface area contributed by atoms with E-state index in [1.807, 2.05) is 30.3 Å². The third-order valence-electron chi connectivity index (χ3n) is 3.86. The van der Waals surface area contributed by atoms with Gasteiger partial charge in [0.15, 0.2) is 5.76 Å². The molecule has 2 aromatic heterocycles. The van der Waals surface area contributed by atoms with Gasteiger partial charge in [-0.2, -0.15) is 0 Å². The maximum absolute atomic E-state index is 12.4. The van der Waals surface area contributed by atoms with E-state index < -0.39 is 11.9 Å². The number of nitrogens with zero attached hydrogens (tertiary/aromatic N) is 1. The summed E-state index contributed by atoms with van der Waals surface area (Å²) in [6.45, 7) is 3.54. The molecule has 140 valence electrons. The van der Waals surface area contributed by atoms with E-state index in [0.717, 1.165) is 10.4 Å². The summed E-state index contributed by atoms with van der Waals surface area (Å²) in [5.41, 5.74) is 3.45. The van der Waals surface area contributed by atoms with Crippen molar-refractivity contribution in [3.05, 3.63) is 57.9 Å². The van der Waals surface area contributed by atoms with Gasteiger partial charge in [0.25, 0.3) is 5.91 Å². The molecule has 9 heteroatoms. The lowest BCUT2D eigenvalue weighted by Crippen LogP contribution is -2.31. The van der Waals surface area contributed by atoms with Crippen molar-refractivity contribution in [3.8, 4) is 11.3 Å². The van der Waals surface area contributed by atoms with E-state index >= 15 is 0 Å². The Bertz CT molecular complexity index is 951. The van der Waals surface area contributed by atoms with Crippen molar-refractivity contribution in [1.82, 2.24) is 16.0 Å². The summed E-state index contributed by atoms with van der Waals surface area (Å²) < 4.78 is 5.36. The Balaban J connectivity index is 1.70. The molecule has 0 saturated carbocycles. The summed E-state index contributed by atoms with van der Waals surface area (Å²) in [7, 11) is 0. The van der Waals surface area contributed by atoms with Crippen LogP contribution in [0.1, 0.15) is 33.2 Å². The van der Waals surface area contributed by atoms with Crippen LogP contribution in [0, 0.1) is 6.92 Å². The van der Waals surface area contributed by atoms with Crippen LogP contribution < -0.4 is 16.1 Å². The van der Waals surface area contributed by atoms with Crippen LogP contribution in [0.2, 0.25) is 0 Å². The average molecular weight is 386 g/mol. The first-order valence-electron chi connectivity index (χ1n) is 8.13. The molecule has 0 bridgehead atoms. The molecule has 3 aromatic rings. The molecule has 0 spiro atoms. The minimum atomic E-state index is -0.587. The van der Waals surface area contributed by atoms with Crippen LogP contribution in [-0.2, 0) is 0 Å². The van der Waals surface area contributed by atoms with Crippen LogP contribution in [0.3, 0.4) is 0 Å². The summed E-state index contributed by atoms with van der Waals surface area (Å²) in [5, 5.41) is 18.2. The van der Waals surface area contributed by atoms with Crippen LogP contribution >= 0.6 is 11.3 Å².